The van der Waals surface area contributed by atoms with E-state index in [2.05, 4.69) is 68.2 Å². The van der Waals surface area contributed by atoms with Crippen LogP contribution in [0.2, 0.25) is 0 Å². The first-order chi connectivity index (χ1) is 10.9. The lowest BCUT2D eigenvalue weighted by Gasteiger charge is -1.96. The topological polar surface area (TPSA) is 37.5 Å². The molecule has 1 N–H and O–H groups in total. The Morgan fingerprint density at radius 2 is 1.82 bits per heavy atom. The lowest BCUT2D eigenvalue weighted by molar-refractivity contribution is -0.687. The van der Waals surface area contributed by atoms with Crippen LogP contribution in [0.25, 0.3) is 11.0 Å². The number of hydrogen-bond donors (Lipinski definition) is 1. The van der Waals surface area contributed by atoms with E-state index in [0.29, 0.717) is 0 Å². The Morgan fingerprint density at radius 1 is 1.00 bits per heavy atom. The third-order valence-electron chi connectivity index (χ3n) is 3.72. The Kier molecular flexibility index (Phi) is 3.20. The van der Waals surface area contributed by atoms with Crippen LogP contribution >= 0.6 is 0 Å². The Morgan fingerprint density at radius 3 is 2.68 bits per heavy atom. The summed E-state index contributed by atoms with van der Waals surface area (Å²) >= 11 is 0. The number of benzene rings is 2. The van der Waals surface area contributed by atoms with Crippen LogP contribution < -0.4 is 4.57 Å². The van der Waals surface area contributed by atoms with Gasteiger partial charge in [0.2, 0.25) is 6.33 Å². The molecule has 108 valence electrons. The molecule has 4 nitrogen and oxygen atoms in total. The van der Waals surface area contributed by atoms with Crippen LogP contribution in [0.1, 0.15) is 11.4 Å². The van der Waals surface area contributed by atoms with Gasteiger partial charge in [-0.15, -0.1) is 0 Å². The van der Waals surface area contributed by atoms with Gasteiger partial charge in [0, 0.05) is 0 Å². The summed E-state index contributed by atoms with van der Waals surface area (Å²) in [7, 11) is 0. The van der Waals surface area contributed by atoms with Gasteiger partial charge in [-0.1, -0.05) is 42.5 Å². The van der Waals surface area contributed by atoms with Crippen LogP contribution in [0.3, 0.4) is 0 Å². The first-order valence-corrected chi connectivity index (χ1v) is 7.39. The maximum Gasteiger partial charge on any atom is 0.244 e. The summed E-state index contributed by atoms with van der Waals surface area (Å²) in [6.07, 6.45) is 6.28. The van der Waals surface area contributed by atoms with Gasteiger partial charge in [0.05, 0.1) is 11.0 Å². The second-order valence-electron chi connectivity index (χ2n) is 5.44. The van der Waals surface area contributed by atoms with Crippen molar-refractivity contribution in [3.63, 3.8) is 0 Å². The molecule has 0 aliphatic rings. The molecule has 4 rings (SSSR count). The molecule has 0 atom stereocenters. The fourth-order valence-electron chi connectivity index (χ4n) is 2.67. The molecule has 2 heterocycles. The summed E-state index contributed by atoms with van der Waals surface area (Å²) in [4.78, 5) is 7.98. The lowest BCUT2D eigenvalue weighted by Crippen LogP contribution is -2.31. The standard InChI is InChI=1S/C18H17N4/c1-2-6-15(7-3-1)12-21-10-11-22(14-21)13-18-19-16-8-4-5-9-17(16)20-18/h1-11,14H,12-13H2,(H,19,20)/q+1. The molecule has 0 amide bonds. The number of rotatable bonds is 4. The highest BCUT2D eigenvalue weighted by molar-refractivity contribution is 5.74. The maximum absolute atomic E-state index is 4.62. The van der Waals surface area contributed by atoms with Crippen LogP contribution in [0, 0.1) is 0 Å². The highest BCUT2D eigenvalue weighted by atomic mass is 15.1. The molecule has 22 heavy (non-hydrogen) atoms. The summed E-state index contributed by atoms with van der Waals surface area (Å²) < 4.78 is 4.32. The summed E-state index contributed by atoms with van der Waals surface area (Å²) in [5, 5.41) is 0. The summed E-state index contributed by atoms with van der Waals surface area (Å²) in [5.74, 6) is 0.976. The molecule has 0 saturated carbocycles. The van der Waals surface area contributed by atoms with E-state index in [1.165, 1.54) is 5.56 Å². The molecule has 2 aromatic carbocycles. The predicted molar refractivity (Wildman–Crippen MR) is 85.4 cm³/mol. The minimum Gasteiger partial charge on any atom is -0.339 e. The zero-order chi connectivity index (χ0) is 14.8. The number of imidazole rings is 2. The van der Waals surface area contributed by atoms with Crippen LogP contribution in [-0.4, -0.2) is 14.5 Å². The van der Waals surface area contributed by atoms with E-state index < -0.39 is 0 Å². The molecule has 4 heteroatoms. The van der Waals surface area contributed by atoms with Crippen molar-refractivity contribution in [2.45, 2.75) is 13.1 Å². The third-order valence-corrected chi connectivity index (χ3v) is 3.72. The van der Waals surface area contributed by atoms with Gasteiger partial charge in [-0.2, -0.15) is 0 Å². The van der Waals surface area contributed by atoms with E-state index >= 15 is 0 Å². The van der Waals surface area contributed by atoms with Gasteiger partial charge >= 0.3 is 0 Å². The SMILES string of the molecule is c1ccc(C[n+]2ccn(Cc3nc4ccccc4[nH]3)c2)cc1. The van der Waals surface area contributed by atoms with Gasteiger partial charge in [0.1, 0.15) is 31.3 Å². The number of aromatic amines is 1. The zero-order valence-corrected chi connectivity index (χ0v) is 12.2. The Balaban J connectivity index is 1.51. The molecule has 0 unspecified atom stereocenters. The fraction of sp³-hybridized carbons (Fsp3) is 0.111. The van der Waals surface area contributed by atoms with Crippen LogP contribution in [-0.2, 0) is 13.1 Å². The molecule has 0 fully saturated rings. The van der Waals surface area contributed by atoms with Crippen LogP contribution in [0.5, 0.6) is 0 Å². The highest BCUT2D eigenvalue weighted by Crippen LogP contribution is 2.10. The second-order valence-corrected chi connectivity index (χ2v) is 5.44. The molecular weight excluding hydrogens is 272 g/mol. The molecular formula is C18H17N4+. The maximum atomic E-state index is 4.62. The van der Waals surface area contributed by atoms with Gasteiger partial charge < -0.3 is 4.98 Å². The number of nitrogens with zero attached hydrogens (tertiary/aromatic N) is 3. The van der Waals surface area contributed by atoms with Crippen LogP contribution in [0.4, 0.5) is 0 Å². The normalized spacial score (nSPS) is 11.1. The summed E-state index contributed by atoms with van der Waals surface area (Å²) in [5.41, 5.74) is 3.40. The van der Waals surface area contributed by atoms with Crippen molar-refractivity contribution in [2.75, 3.05) is 0 Å². The highest BCUT2D eigenvalue weighted by Gasteiger charge is 2.08. The Bertz CT molecular complexity index is 857. The molecule has 2 aromatic heterocycles. The molecule has 0 saturated heterocycles. The van der Waals surface area contributed by atoms with Gasteiger partial charge in [-0.25, -0.2) is 14.1 Å². The van der Waals surface area contributed by atoms with Crippen molar-refractivity contribution >= 4 is 11.0 Å². The number of H-pyrrole nitrogens is 1. The van der Waals surface area contributed by atoms with E-state index in [1.807, 2.05) is 24.3 Å². The second kappa shape index (κ2) is 5.48. The van der Waals surface area contributed by atoms with E-state index in [9.17, 15) is 0 Å². The quantitative estimate of drug-likeness (QED) is 0.576. The lowest BCUT2D eigenvalue weighted by atomic mass is 10.2. The Labute approximate surface area is 128 Å². The fourth-order valence-corrected chi connectivity index (χ4v) is 2.67. The van der Waals surface area contributed by atoms with E-state index in [0.717, 1.165) is 29.9 Å². The number of hydrogen-bond acceptors (Lipinski definition) is 1. The summed E-state index contributed by atoms with van der Waals surface area (Å²) in [6, 6.07) is 18.6. The number of para-hydroxylation sites is 2. The van der Waals surface area contributed by atoms with E-state index in [4.69, 9.17) is 0 Å². The first-order valence-electron chi connectivity index (χ1n) is 7.39. The van der Waals surface area contributed by atoms with Crippen molar-refractivity contribution in [2.24, 2.45) is 0 Å². The van der Waals surface area contributed by atoms with Gasteiger partial charge in [0.15, 0.2) is 0 Å². The predicted octanol–water partition coefficient (Wildman–Crippen LogP) is 2.75. The molecule has 0 bridgehead atoms. The molecule has 0 spiro atoms. The molecule has 0 aliphatic heterocycles. The third kappa shape index (κ3) is 2.63. The van der Waals surface area contributed by atoms with Gasteiger partial charge in [0.25, 0.3) is 0 Å². The number of fused-ring (bicyclic) bond motifs is 1. The van der Waals surface area contributed by atoms with Crippen molar-refractivity contribution in [3.8, 4) is 0 Å². The van der Waals surface area contributed by atoms with Crippen molar-refractivity contribution in [1.82, 2.24) is 14.5 Å². The molecule has 0 radical (unpaired) electrons. The van der Waals surface area contributed by atoms with Gasteiger partial charge in [-0.3, -0.25) is 0 Å². The largest absolute Gasteiger partial charge is 0.339 e. The first kappa shape index (κ1) is 12.8. The Hall–Kier alpha value is -2.88. The average molecular weight is 289 g/mol. The minimum absolute atomic E-state index is 0.746. The van der Waals surface area contributed by atoms with Crippen molar-refractivity contribution < 1.29 is 4.57 Å². The van der Waals surface area contributed by atoms with E-state index in [-0.39, 0.29) is 0 Å². The van der Waals surface area contributed by atoms with E-state index in [1.54, 1.807) is 0 Å². The monoisotopic (exact) mass is 289 g/mol. The van der Waals surface area contributed by atoms with Crippen molar-refractivity contribution in [1.29, 1.82) is 0 Å². The van der Waals surface area contributed by atoms with Crippen LogP contribution in [0.15, 0.2) is 73.3 Å². The number of nitrogens with one attached hydrogen (secondary N) is 1. The van der Waals surface area contributed by atoms with Crippen molar-refractivity contribution in [3.05, 3.63) is 84.7 Å². The average Bonchev–Trinajstić information content (AvgIpc) is 3.14. The van der Waals surface area contributed by atoms with Gasteiger partial charge in [-0.05, 0) is 17.7 Å². The summed E-state index contributed by atoms with van der Waals surface area (Å²) in [6.45, 7) is 1.63. The number of aromatic nitrogens is 4. The minimum atomic E-state index is 0.746. The molecule has 0 aliphatic carbocycles. The molecule has 4 aromatic rings. The smallest absolute Gasteiger partial charge is 0.244 e. The zero-order valence-electron chi connectivity index (χ0n) is 12.2.